The molecule has 127 valence electrons. The summed E-state index contributed by atoms with van der Waals surface area (Å²) in [5.41, 5.74) is 0.637. The third-order valence-corrected chi connectivity index (χ3v) is 5.32. The first-order valence-electron chi connectivity index (χ1n) is 7.35. The Bertz CT molecular complexity index is 989. The minimum absolute atomic E-state index is 0.0886. The molecule has 0 atom stereocenters. The van der Waals surface area contributed by atoms with Crippen molar-refractivity contribution < 1.29 is 17.5 Å². The summed E-state index contributed by atoms with van der Waals surface area (Å²) in [5, 5.41) is 0.403. The molecule has 0 fully saturated rings. The number of hydrogen-bond acceptors (Lipinski definition) is 3. The fourth-order valence-corrected chi connectivity index (χ4v) is 3.77. The highest BCUT2D eigenvalue weighted by Gasteiger charge is 2.18. The number of ether oxygens (including phenoxy) is 1. The average Bonchev–Trinajstić information content (AvgIpc) is 2.57. The molecule has 0 unspecified atom stereocenters. The van der Waals surface area contributed by atoms with Gasteiger partial charge in [0.05, 0.1) is 10.6 Å². The van der Waals surface area contributed by atoms with Crippen LogP contribution in [0.4, 0.5) is 4.39 Å². The summed E-state index contributed by atoms with van der Waals surface area (Å²) in [6.07, 6.45) is 0. The van der Waals surface area contributed by atoms with Crippen LogP contribution in [-0.2, 0) is 15.6 Å². The number of halogens is 2. The van der Waals surface area contributed by atoms with Crippen LogP contribution >= 0.6 is 11.6 Å². The van der Waals surface area contributed by atoms with Gasteiger partial charge in [0.25, 0.3) is 0 Å². The van der Waals surface area contributed by atoms with E-state index in [2.05, 4.69) is 6.07 Å². The maximum Gasteiger partial charge on any atom is 0.182 e. The molecule has 6 heteroatoms. The molecule has 3 aromatic carbocycles. The zero-order valence-corrected chi connectivity index (χ0v) is 14.5. The van der Waals surface area contributed by atoms with Gasteiger partial charge in [0.1, 0.15) is 5.75 Å². The molecule has 0 bridgehead atoms. The van der Waals surface area contributed by atoms with Crippen molar-refractivity contribution in [3.8, 4) is 11.5 Å². The Morgan fingerprint density at radius 2 is 1.80 bits per heavy atom. The predicted octanol–water partition coefficient (Wildman–Crippen LogP) is 5.05. The van der Waals surface area contributed by atoms with Crippen LogP contribution < -0.4 is 4.74 Å². The summed E-state index contributed by atoms with van der Waals surface area (Å²) in [6.45, 7) is 0. The van der Waals surface area contributed by atoms with E-state index in [0.29, 0.717) is 16.3 Å². The molecule has 25 heavy (non-hydrogen) atoms. The molecule has 3 nitrogen and oxygen atoms in total. The van der Waals surface area contributed by atoms with Gasteiger partial charge in [-0.05, 0) is 48.0 Å². The topological polar surface area (TPSA) is 43.4 Å². The summed E-state index contributed by atoms with van der Waals surface area (Å²) < 4.78 is 44.5. The maximum absolute atomic E-state index is 14.3. The van der Waals surface area contributed by atoms with E-state index in [0.717, 1.165) is 6.07 Å². The highest BCUT2D eigenvalue weighted by molar-refractivity contribution is 7.90. The van der Waals surface area contributed by atoms with E-state index in [9.17, 15) is 12.8 Å². The summed E-state index contributed by atoms with van der Waals surface area (Å²) in [4.78, 5) is -0.0983. The maximum atomic E-state index is 14.3. The van der Waals surface area contributed by atoms with Crippen molar-refractivity contribution in [3.05, 3.63) is 89.2 Å². The Hall–Kier alpha value is -2.37. The van der Waals surface area contributed by atoms with Crippen LogP contribution in [0.5, 0.6) is 11.5 Å². The average molecular weight is 376 g/mol. The van der Waals surface area contributed by atoms with Gasteiger partial charge in [0.2, 0.25) is 0 Å². The molecular formula is C19H13ClFO3S. The molecule has 1 radical (unpaired) electrons. The van der Waals surface area contributed by atoms with Gasteiger partial charge in [0, 0.05) is 5.02 Å². The smallest absolute Gasteiger partial charge is 0.182 e. The minimum atomic E-state index is -3.66. The van der Waals surface area contributed by atoms with Gasteiger partial charge in [-0.15, -0.1) is 0 Å². The molecule has 0 heterocycles. The van der Waals surface area contributed by atoms with Crippen LogP contribution in [0.1, 0.15) is 5.56 Å². The van der Waals surface area contributed by atoms with Crippen molar-refractivity contribution in [2.45, 2.75) is 10.6 Å². The second-order valence-corrected chi connectivity index (χ2v) is 7.75. The molecule has 0 aliphatic heterocycles. The molecule has 0 aliphatic rings. The monoisotopic (exact) mass is 375 g/mol. The molecule has 0 amide bonds. The van der Waals surface area contributed by atoms with Crippen molar-refractivity contribution in [2.75, 3.05) is 0 Å². The van der Waals surface area contributed by atoms with Gasteiger partial charge in [-0.1, -0.05) is 41.9 Å². The Morgan fingerprint density at radius 3 is 2.48 bits per heavy atom. The van der Waals surface area contributed by atoms with Crippen molar-refractivity contribution >= 4 is 21.4 Å². The first-order chi connectivity index (χ1) is 11.9. The van der Waals surface area contributed by atoms with Gasteiger partial charge < -0.3 is 4.74 Å². The Balaban J connectivity index is 1.84. The number of hydrogen-bond donors (Lipinski definition) is 0. The first kappa shape index (κ1) is 17.5. The quantitative estimate of drug-likeness (QED) is 0.627. The molecule has 0 aliphatic carbocycles. The normalized spacial score (nSPS) is 11.3. The third kappa shape index (κ3) is 4.38. The molecular weight excluding hydrogens is 363 g/mol. The summed E-state index contributed by atoms with van der Waals surface area (Å²) in [7, 11) is -3.66. The van der Waals surface area contributed by atoms with Gasteiger partial charge >= 0.3 is 0 Å². The summed E-state index contributed by atoms with van der Waals surface area (Å²) in [6, 6.07) is 19.6. The van der Waals surface area contributed by atoms with E-state index in [-0.39, 0.29) is 16.4 Å². The second kappa shape index (κ2) is 7.25. The van der Waals surface area contributed by atoms with Crippen LogP contribution in [-0.4, -0.2) is 8.42 Å². The summed E-state index contributed by atoms with van der Waals surface area (Å²) >= 11 is 5.83. The molecule has 3 aromatic rings. The zero-order chi connectivity index (χ0) is 17.9. The van der Waals surface area contributed by atoms with Crippen LogP contribution in [0.2, 0.25) is 5.02 Å². The van der Waals surface area contributed by atoms with E-state index < -0.39 is 15.7 Å². The number of rotatable bonds is 5. The summed E-state index contributed by atoms with van der Waals surface area (Å²) in [5.74, 6) is -0.744. The molecule has 0 saturated heterocycles. The lowest BCUT2D eigenvalue weighted by molar-refractivity contribution is 0.440. The highest BCUT2D eigenvalue weighted by atomic mass is 35.5. The lowest BCUT2D eigenvalue weighted by Crippen LogP contribution is -2.05. The first-order valence-corrected chi connectivity index (χ1v) is 9.38. The van der Waals surface area contributed by atoms with E-state index >= 15 is 0 Å². The fraction of sp³-hybridized carbons (Fsp3) is 0.0526. The van der Waals surface area contributed by atoms with Crippen molar-refractivity contribution in [1.29, 1.82) is 0 Å². The fourth-order valence-electron chi connectivity index (χ4n) is 2.24. The largest absolute Gasteiger partial charge is 0.454 e. The standard InChI is InChI=1S/C19H13ClFO3S/c20-15-7-4-8-16(11-15)24-19-10-9-17(12-18(19)21)25(22,23)13-14-5-2-1-3-6-14/h1-3,5-12H,13H2. The van der Waals surface area contributed by atoms with Gasteiger partial charge in [-0.25, -0.2) is 12.8 Å². The number of sulfone groups is 1. The van der Waals surface area contributed by atoms with Crippen LogP contribution in [0.3, 0.4) is 0 Å². The molecule has 0 N–H and O–H groups in total. The third-order valence-electron chi connectivity index (χ3n) is 3.42. The van der Waals surface area contributed by atoms with E-state index in [1.807, 2.05) is 0 Å². The second-order valence-electron chi connectivity index (χ2n) is 5.33. The van der Waals surface area contributed by atoms with Crippen LogP contribution in [0, 0.1) is 11.9 Å². The Morgan fingerprint density at radius 1 is 1.04 bits per heavy atom. The van der Waals surface area contributed by atoms with Crippen molar-refractivity contribution in [3.63, 3.8) is 0 Å². The highest BCUT2D eigenvalue weighted by Crippen LogP contribution is 2.28. The van der Waals surface area contributed by atoms with Crippen molar-refractivity contribution in [1.82, 2.24) is 0 Å². The van der Waals surface area contributed by atoms with Crippen molar-refractivity contribution in [2.24, 2.45) is 0 Å². The van der Waals surface area contributed by atoms with E-state index in [1.165, 1.54) is 24.3 Å². The Kier molecular flexibility index (Phi) is 5.06. The SMILES string of the molecule is O=S(=O)(Cc1ccccc1)c1ccc(Oc2c[c]cc(Cl)c2)c(F)c1. The zero-order valence-electron chi connectivity index (χ0n) is 12.9. The minimum Gasteiger partial charge on any atom is -0.454 e. The molecule has 0 spiro atoms. The van der Waals surface area contributed by atoms with Crippen LogP contribution in [0.25, 0.3) is 0 Å². The Labute approximate surface area is 150 Å². The molecule has 0 aromatic heterocycles. The molecule has 3 rings (SSSR count). The van der Waals surface area contributed by atoms with Gasteiger partial charge in [-0.2, -0.15) is 0 Å². The van der Waals surface area contributed by atoms with E-state index in [1.54, 1.807) is 36.4 Å². The molecule has 0 saturated carbocycles. The van der Waals surface area contributed by atoms with Crippen LogP contribution in [0.15, 0.2) is 71.6 Å². The van der Waals surface area contributed by atoms with Gasteiger partial charge in [0.15, 0.2) is 21.4 Å². The number of benzene rings is 3. The predicted molar refractivity (Wildman–Crippen MR) is 94.1 cm³/mol. The van der Waals surface area contributed by atoms with E-state index in [4.69, 9.17) is 16.3 Å². The van der Waals surface area contributed by atoms with Gasteiger partial charge in [-0.3, -0.25) is 0 Å². The lowest BCUT2D eigenvalue weighted by Gasteiger charge is -2.09. The lowest BCUT2D eigenvalue weighted by atomic mass is 10.2.